The summed E-state index contributed by atoms with van der Waals surface area (Å²) in [6, 6.07) is 15.4. The molecular weight excluding hydrogens is 278 g/mol. The van der Waals surface area contributed by atoms with Crippen LogP contribution in [0.25, 0.3) is 22.7 Å². The van der Waals surface area contributed by atoms with E-state index in [2.05, 4.69) is 16.0 Å². The van der Waals surface area contributed by atoms with Crippen LogP contribution >= 0.6 is 0 Å². The van der Waals surface area contributed by atoms with Gasteiger partial charge < -0.3 is 14.5 Å². The topological polar surface area (TPSA) is 70.9 Å². The van der Waals surface area contributed by atoms with Crippen molar-refractivity contribution in [2.45, 2.75) is 0 Å². The van der Waals surface area contributed by atoms with Crippen molar-refractivity contribution in [2.24, 2.45) is 0 Å². The lowest BCUT2D eigenvalue weighted by atomic mass is 10.1. The molecule has 1 aliphatic heterocycles. The Bertz CT molecular complexity index is 901. The van der Waals surface area contributed by atoms with Gasteiger partial charge in [-0.2, -0.15) is 5.26 Å². The maximum Gasteiger partial charge on any atom is 0.231 e. The molecule has 1 aliphatic rings. The zero-order chi connectivity index (χ0) is 14.9. The fourth-order valence-corrected chi connectivity index (χ4v) is 2.42. The van der Waals surface area contributed by atoms with Crippen molar-refractivity contribution in [2.75, 3.05) is 6.79 Å². The number of nitrogens with one attached hydrogen (secondary N) is 1. The van der Waals surface area contributed by atoms with Gasteiger partial charge in [0, 0.05) is 0 Å². The van der Waals surface area contributed by atoms with Crippen LogP contribution in [-0.4, -0.2) is 16.8 Å². The van der Waals surface area contributed by atoms with Gasteiger partial charge in [0.15, 0.2) is 11.5 Å². The zero-order valence-corrected chi connectivity index (χ0v) is 11.5. The van der Waals surface area contributed by atoms with Gasteiger partial charge in [-0.05, 0) is 42.0 Å². The van der Waals surface area contributed by atoms with Crippen molar-refractivity contribution in [1.29, 1.82) is 5.26 Å². The van der Waals surface area contributed by atoms with E-state index < -0.39 is 0 Å². The number of rotatable bonds is 2. The van der Waals surface area contributed by atoms with Crippen LogP contribution in [0.5, 0.6) is 11.5 Å². The predicted molar refractivity (Wildman–Crippen MR) is 82.1 cm³/mol. The van der Waals surface area contributed by atoms with Crippen molar-refractivity contribution >= 4 is 22.7 Å². The first-order chi connectivity index (χ1) is 10.8. The lowest BCUT2D eigenvalue weighted by Crippen LogP contribution is -1.92. The van der Waals surface area contributed by atoms with Gasteiger partial charge in [-0.3, -0.25) is 0 Å². The first kappa shape index (κ1) is 12.5. The molecule has 3 aromatic rings. The molecule has 106 valence electrons. The molecule has 5 nitrogen and oxygen atoms in total. The molecule has 2 heterocycles. The molecule has 0 fully saturated rings. The van der Waals surface area contributed by atoms with Crippen molar-refractivity contribution < 1.29 is 9.47 Å². The van der Waals surface area contributed by atoms with E-state index in [1.165, 1.54) is 0 Å². The molecule has 0 spiro atoms. The number of imidazole rings is 1. The lowest BCUT2D eigenvalue weighted by Gasteiger charge is -2.01. The summed E-state index contributed by atoms with van der Waals surface area (Å²) < 4.78 is 10.6. The summed E-state index contributed by atoms with van der Waals surface area (Å²) in [5.74, 6) is 2.00. The molecule has 1 aromatic heterocycles. The van der Waals surface area contributed by atoms with Crippen LogP contribution in [0.4, 0.5) is 0 Å². The summed E-state index contributed by atoms with van der Waals surface area (Å²) in [6.07, 6.45) is 1.73. The van der Waals surface area contributed by atoms with Gasteiger partial charge in [0.05, 0.1) is 22.7 Å². The van der Waals surface area contributed by atoms with Gasteiger partial charge in [-0.25, -0.2) is 4.98 Å². The van der Waals surface area contributed by atoms with E-state index in [0.717, 1.165) is 16.6 Å². The molecule has 0 saturated heterocycles. The van der Waals surface area contributed by atoms with E-state index >= 15 is 0 Å². The Labute approximate surface area is 126 Å². The summed E-state index contributed by atoms with van der Waals surface area (Å²) in [5.41, 5.74) is 3.10. The molecular formula is C17H11N3O2. The highest BCUT2D eigenvalue weighted by Crippen LogP contribution is 2.34. The van der Waals surface area contributed by atoms with E-state index in [1.807, 2.05) is 36.4 Å². The summed E-state index contributed by atoms with van der Waals surface area (Å²) in [4.78, 5) is 7.65. The number of nitriles is 1. The highest BCUT2D eigenvalue weighted by Gasteiger charge is 2.15. The molecule has 0 atom stereocenters. The average Bonchev–Trinajstić information content (AvgIpc) is 3.17. The zero-order valence-electron chi connectivity index (χ0n) is 11.5. The molecule has 2 aromatic carbocycles. The number of nitrogens with zero attached hydrogens (tertiary/aromatic N) is 2. The molecule has 1 N–H and O–H groups in total. The van der Waals surface area contributed by atoms with Gasteiger partial charge in [0.1, 0.15) is 5.82 Å². The summed E-state index contributed by atoms with van der Waals surface area (Å²) in [7, 11) is 0. The van der Waals surface area contributed by atoms with Crippen LogP contribution in [-0.2, 0) is 0 Å². The van der Waals surface area contributed by atoms with Crippen LogP contribution in [0, 0.1) is 11.3 Å². The van der Waals surface area contributed by atoms with E-state index in [1.54, 1.807) is 12.1 Å². The molecule has 0 unspecified atom stereocenters. The van der Waals surface area contributed by atoms with E-state index in [0.29, 0.717) is 22.9 Å². The highest BCUT2D eigenvalue weighted by atomic mass is 16.7. The molecule has 0 bridgehead atoms. The second-order valence-corrected chi connectivity index (χ2v) is 4.88. The molecule has 0 aliphatic carbocycles. The summed E-state index contributed by atoms with van der Waals surface area (Å²) >= 11 is 0. The minimum Gasteiger partial charge on any atom is -0.454 e. The second kappa shape index (κ2) is 4.93. The van der Waals surface area contributed by atoms with Gasteiger partial charge in [-0.15, -0.1) is 0 Å². The van der Waals surface area contributed by atoms with Gasteiger partial charge >= 0.3 is 0 Å². The van der Waals surface area contributed by atoms with Gasteiger partial charge in [-0.1, -0.05) is 12.1 Å². The Balaban J connectivity index is 1.76. The Kier molecular flexibility index (Phi) is 2.80. The van der Waals surface area contributed by atoms with Crippen LogP contribution in [0.1, 0.15) is 11.4 Å². The standard InChI is InChI=1S/C17H11N3O2/c18-9-12(11-5-6-15-16(7-11)22-10-21-15)8-17-19-13-3-1-2-4-14(13)20-17/h1-8H,10H2,(H,19,20). The molecule has 22 heavy (non-hydrogen) atoms. The minimum atomic E-state index is 0.216. The van der Waals surface area contributed by atoms with Crippen molar-refractivity contribution in [3.8, 4) is 17.6 Å². The maximum atomic E-state index is 9.43. The van der Waals surface area contributed by atoms with Gasteiger partial charge in [0.2, 0.25) is 6.79 Å². The number of ether oxygens (including phenoxy) is 2. The van der Waals surface area contributed by atoms with E-state index in [-0.39, 0.29) is 6.79 Å². The molecule has 0 radical (unpaired) electrons. The molecule has 0 amide bonds. The van der Waals surface area contributed by atoms with Crippen LogP contribution in [0.2, 0.25) is 0 Å². The fraction of sp³-hybridized carbons (Fsp3) is 0.0588. The number of fused-ring (bicyclic) bond motifs is 2. The van der Waals surface area contributed by atoms with Crippen LogP contribution in [0.15, 0.2) is 42.5 Å². The number of benzene rings is 2. The van der Waals surface area contributed by atoms with E-state index in [4.69, 9.17) is 9.47 Å². The van der Waals surface area contributed by atoms with Gasteiger partial charge in [0.25, 0.3) is 0 Å². The number of aromatic nitrogens is 2. The Morgan fingerprint density at radius 3 is 2.91 bits per heavy atom. The number of hydrogen-bond acceptors (Lipinski definition) is 4. The number of hydrogen-bond donors (Lipinski definition) is 1. The van der Waals surface area contributed by atoms with Crippen LogP contribution in [0.3, 0.4) is 0 Å². The van der Waals surface area contributed by atoms with Crippen molar-refractivity contribution in [1.82, 2.24) is 9.97 Å². The SMILES string of the molecule is N#CC(=Cc1nc2ccccc2[nH]1)c1ccc2c(c1)OCO2. The Morgan fingerprint density at radius 1 is 1.18 bits per heavy atom. The molecule has 0 saturated carbocycles. The quantitative estimate of drug-likeness (QED) is 0.734. The number of H-pyrrole nitrogens is 1. The number of para-hydroxylation sites is 2. The average molecular weight is 289 g/mol. The number of aromatic amines is 1. The Morgan fingerprint density at radius 2 is 2.05 bits per heavy atom. The third kappa shape index (κ3) is 2.07. The maximum absolute atomic E-state index is 9.43. The summed E-state index contributed by atoms with van der Waals surface area (Å²) in [5, 5.41) is 9.43. The van der Waals surface area contributed by atoms with Crippen molar-refractivity contribution in [3.05, 3.63) is 53.9 Å². The van der Waals surface area contributed by atoms with Crippen molar-refractivity contribution in [3.63, 3.8) is 0 Å². The normalized spacial score (nSPS) is 13.3. The fourth-order valence-electron chi connectivity index (χ4n) is 2.42. The monoisotopic (exact) mass is 289 g/mol. The predicted octanol–water partition coefficient (Wildman–Crippen LogP) is 3.36. The smallest absolute Gasteiger partial charge is 0.231 e. The number of allylic oxidation sites excluding steroid dienone is 1. The largest absolute Gasteiger partial charge is 0.454 e. The first-order valence-electron chi connectivity index (χ1n) is 6.80. The Hall–Kier alpha value is -3.26. The second-order valence-electron chi connectivity index (χ2n) is 4.88. The summed E-state index contributed by atoms with van der Waals surface area (Å²) in [6.45, 7) is 0.216. The third-order valence-electron chi connectivity index (χ3n) is 3.49. The first-order valence-corrected chi connectivity index (χ1v) is 6.80. The van der Waals surface area contributed by atoms with E-state index in [9.17, 15) is 5.26 Å². The minimum absolute atomic E-state index is 0.216. The molecule has 5 heteroatoms. The highest BCUT2D eigenvalue weighted by molar-refractivity contribution is 5.90. The third-order valence-corrected chi connectivity index (χ3v) is 3.49. The lowest BCUT2D eigenvalue weighted by molar-refractivity contribution is 0.174. The van der Waals surface area contributed by atoms with Crippen LogP contribution < -0.4 is 9.47 Å². The molecule has 4 rings (SSSR count).